The van der Waals surface area contributed by atoms with E-state index in [9.17, 15) is 8.78 Å². The molecular weight excluding hydrogens is 453 g/mol. The number of unbranched alkanes of at least 4 members (excludes halogenated alkanes) is 2. The SMILES string of the molecule is C=CCCC1CCC(c2ccc(-c3ccc(-c4ccc(CCCCC)c(F)c4F)cc3)c(F)c2)CC1. The van der Waals surface area contributed by atoms with Gasteiger partial charge in [0.25, 0.3) is 0 Å². The van der Waals surface area contributed by atoms with Crippen LogP contribution in [0.2, 0.25) is 0 Å². The first-order valence-electron chi connectivity index (χ1n) is 13.5. The third-order valence-electron chi connectivity index (χ3n) is 7.81. The minimum absolute atomic E-state index is 0.234. The van der Waals surface area contributed by atoms with Crippen LogP contribution in [0.1, 0.15) is 81.8 Å². The number of aryl methyl sites for hydroxylation is 1. The summed E-state index contributed by atoms with van der Waals surface area (Å²) in [6.07, 6.45) is 12.3. The van der Waals surface area contributed by atoms with Crippen molar-refractivity contribution in [2.75, 3.05) is 0 Å². The van der Waals surface area contributed by atoms with E-state index in [-0.39, 0.29) is 11.4 Å². The molecule has 0 nitrogen and oxygen atoms in total. The maximum Gasteiger partial charge on any atom is 0.166 e. The highest BCUT2D eigenvalue weighted by Gasteiger charge is 2.23. The van der Waals surface area contributed by atoms with Gasteiger partial charge in [-0.2, -0.15) is 0 Å². The van der Waals surface area contributed by atoms with E-state index in [1.165, 1.54) is 19.3 Å². The van der Waals surface area contributed by atoms with Crippen LogP contribution in [0.4, 0.5) is 13.2 Å². The zero-order chi connectivity index (χ0) is 25.5. The summed E-state index contributed by atoms with van der Waals surface area (Å²) in [5.74, 6) is -0.630. The molecule has 1 aliphatic carbocycles. The van der Waals surface area contributed by atoms with Crippen LogP contribution in [0.15, 0.2) is 67.3 Å². The molecule has 0 heterocycles. The molecule has 0 aromatic heterocycles. The topological polar surface area (TPSA) is 0 Å². The predicted octanol–water partition coefficient (Wildman–Crippen LogP) is 10.4. The Morgan fingerprint density at radius 1 is 0.806 bits per heavy atom. The average Bonchev–Trinajstić information content (AvgIpc) is 2.90. The first-order valence-corrected chi connectivity index (χ1v) is 13.5. The Labute approximate surface area is 214 Å². The van der Waals surface area contributed by atoms with Crippen LogP contribution in [0.3, 0.4) is 0 Å². The van der Waals surface area contributed by atoms with Gasteiger partial charge in [0, 0.05) is 11.1 Å². The van der Waals surface area contributed by atoms with Gasteiger partial charge >= 0.3 is 0 Å². The van der Waals surface area contributed by atoms with Crippen LogP contribution in [0.25, 0.3) is 22.3 Å². The second kappa shape index (κ2) is 12.4. The van der Waals surface area contributed by atoms with Crippen LogP contribution in [-0.2, 0) is 6.42 Å². The lowest BCUT2D eigenvalue weighted by Crippen LogP contribution is -2.13. The van der Waals surface area contributed by atoms with E-state index in [0.717, 1.165) is 55.6 Å². The largest absolute Gasteiger partial charge is 0.206 e. The monoisotopic (exact) mass is 490 g/mol. The Morgan fingerprint density at radius 2 is 1.47 bits per heavy atom. The third-order valence-corrected chi connectivity index (χ3v) is 7.81. The van der Waals surface area contributed by atoms with Gasteiger partial charge in [0.2, 0.25) is 0 Å². The summed E-state index contributed by atoms with van der Waals surface area (Å²) in [6.45, 7) is 5.90. The highest BCUT2D eigenvalue weighted by Crippen LogP contribution is 2.39. The van der Waals surface area contributed by atoms with Gasteiger partial charge < -0.3 is 0 Å². The van der Waals surface area contributed by atoms with Crippen molar-refractivity contribution in [3.05, 3.63) is 95.8 Å². The van der Waals surface area contributed by atoms with Crippen LogP contribution in [0, 0.1) is 23.4 Å². The Morgan fingerprint density at radius 3 is 2.11 bits per heavy atom. The van der Waals surface area contributed by atoms with E-state index < -0.39 is 11.6 Å². The zero-order valence-corrected chi connectivity index (χ0v) is 21.3. The van der Waals surface area contributed by atoms with E-state index in [4.69, 9.17) is 0 Å². The molecule has 4 rings (SSSR count). The lowest BCUT2D eigenvalue weighted by molar-refractivity contribution is 0.311. The van der Waals surface area contributed by atoms with Gasteiger partial charge in [-0.05, 0) is 91.5 Å². The van der Waals surface area contributed by atoms with Gasteiger partial charge in [-0.25, -0.2) is 13.2 Å². The minimum atomic E-state index is -0.813. The molecule has 0 N–H and O–H groups in total. The number of halogens is 3. The highest BCUT2D eigenvalue weighted by molar-refractivity contribution is 5.71. The molecule has 190 valence electrons. The molecular formula is C33H37F3. The second-order valence-electron chi connectivity index (χ2n) is 10.3. The molecule has 0 spiro atoms. The fraction of sp³-hybridized carbons (Fsp3) is 0.394. The van der Waals surface area contributed by atoms with Crippen LogP contribution < -0.4 is 0 Å². The van der Waals surface area contributed by atoms with Gasteiger partial charge in [0.1, 0.15) is 5.82 Å². The molecule has 0 atom stereocenters. The van der Waals surface area contributed by atoms with Crippen LogP contribution in [0.5, 0.6) is 0 Å². The standard InChI is InChI=1S/C33H37F3/c1-3-5-7-9-27-18-21-30(33(36)32(27)35)26-16-14-25(15-17-26)29-20-19-28(22-31(29)34)24-12-10-23(11-13-24)8-6-4-2/h4,14-24H,2-3,5-13H2,1H3. The molecule has 3 heteroatoms. The summed E-state index contributed by atoms with van der Waals surface area (Å²) < 4.78 is 44.5. The molecule has 3 aromatic rings. The van der Waals surface area contributed by atoms with E-state index in [2.05, 4.69) is 13.5 Å². The molecule has 36 heavy (non-hydrogen) atoms. The maximum atomic E-state index is 15.1. The van der Waals surface area contributed by atoms with E-state index in [0.29, 0.717) is 29.0 Å². The van der Waals surface area contributed by atoms with E-state index in [1.807, 2.05) is 18.2 Å². The molecule has 0 aliphatic heterocycles. The number of rotatable bonds is 10. The Hall–Kier alpha value is -2.81. The van der Waals surface area contributed by atoms with Crippen molar-refractivity contribution in [2.24, 2.45) is 5.92 Å². The second-order valence-corrected chi connectivity index (χ2v) is 10.3. The van der Waals surface area contributed by atoms with Crippen LogP contribution >= 0.6 is 0 Å². The van der Waals surface area contributed by atoms with Crippen molar-refractivity contribution in [2.45, 2.75) is 77.0 Å². The van der Waals surface area contributed by atoms with Crippen molar-refractivity contribution in [1.29, 1.82) is 0 Å². The molecule has 0 radical (unpaired) electrons. The Kier molecular flexibility index (Phi) is 9.07. The normalized spacial score (nSPS) is 17.8. The Bertz CT molecular complexity index is 1150. The summed E-state index contributed by atoms with van der Waals surface area (Å²) in [6, 6.07) is 16.0. The smallest absolute Gasteiger partial charge is 0.166 e. The number of hydrogen-bond acceptors (Lipinski definition) is 0. The maximum absolute atomic E-state index is 15.1. The lowest BCUT2D eigenvalue weighted by Gasteiger charge is -2.28. The van der Waals surface area contributed by atoms with Crippen molar-refractivity contribution in [3.63, 3.8) is 0 Å². The summed E-state index contributed by atoms with van der Waals surface area (Å²) >= 11 is 0. The van der Waals surface area contributed by atoms with Crippen molar-refractivity contribution in [3.8, 4) is 22.3 Å². The number of hydrogen-bond donors (Lipinski definition) is 0. The lowest BCUT2D eigenvalue weighted by atomic mass is 9.77. The van der Waals surface area contributed by atoms with Crippen LogP contribution in [-0.4, -0.2) is 0 Å². The predicted molar refractivity (Wildman–Crippen MR) is 145 cm³/mol. The summed E-state index contributed by atoms with van der Waals surface area (Å²) in [4.78, 5) is 0. The quantitative estimate of drug-likeness (QED) is 0.196. The number of allylic oxidation sites excluding steroid dienone is 1. The average molecular weight is 491 g/mol. The summed E-state index contributed by atoms with van der Waals surface area (Å²) in [5.41, 5.74) is 3.58. The minimum Gasteiger partial charge on any atom is -0.206 e. The molecule has 1 aliphatic rings. The summed E-state index contributed by atoms with van der Waals surface area (Å²) in [7, 11) is 0. The van der Waals surface area contributed by atoms with Gasteiger partial charge in [0.15, 0.2) is 11.6 Å². The number of benzene rings is 3. The van der Waals surface area contributed by atoms with E-state index >= 15 is 4.39 Å². The van der Waals surface area contributed by atoms with Gasteiger partial charge in [0.05, 0.1) is 0 Å². The highest BCUT2D eigenvalue weighted by atomic mass is 19.2. The first-order chi connectivity index (χ1) is 17.5. The fourth-order valence-corrected chi connectivity index (χ4v) is 5.56. The van der Waals surface area contributed by atoms with Gasteiger partial charge in [-0.15, -0.1) is 6.58 Å². The zero-order valence-electron chi connectivity index (χ0n) is 21.3. The van der Waals surface area contributed by atoms with Gasteiger partial charge in [-0.1, -0.05) is 74.4 Å². The fourth-order valence-electron chi connectivity index (χ4n) is 5.56. The van der Waals surface area contributed by atoms with Crippen molar-refractivity contribution in [1.82, 2.24) is 0 Å². The summed E-state index contributed by atoms with van der Waals surface area (Å²) in [5, 5.41) is 0. The molecule has 1 saturated carbocycles. The first kappa shape index (κ1) is 26.3. The molecule has 3 aromatic carbocycles. The third kappa shape index (κ3) is 6.11. The molecule has 0 unspecified atom stereocenters. The van der Waals surface area contributed by atoms with Crippen molar-refractivity contribution >= 4 is 0 Å². The van der Waals surface area contributed by atoms with Gasteiger partial charge in [-0.3, -0.25) is 0 Å². The molecule has 0 amide bonds. The molecule has 0 bridgehead atoms. The molecule has 0 saturated heterocycles. The Balaban J connectivity index is 1.46. The molecule has 1 fully saturated rings. The van der Waals surface area contributed by atoms with E-state index in [1.54, 1.807) is 42.5 Å². The van der Waals surface area contributed by atoms with Crippen molar-refractivity contribution < 1.29 is 13.2 Å².